The first-order chi connectivity index (χ1) is 11.9. The van der Waals surface area contributed by atoms with Crippen LogP contribution >= 0.6 is 0 Å². The van der Waals surface area contributed by atoms with E-state index in [0.29, 0.717) is 32.1 Å². The summed E-state index contributed by atoms with van der Waals surface area (Å²) in [5, 5.41) is 22.6. The third-order valence-electron chi connectivity index (χ3n) is 5.42. The second-order valence-corrected chi connectivity index (χ2v) is 7.56. The fraction of sp³-hybridized carbons (Fsp3) is 0.895. The van der Waals surface area contributed by atoms with E-state index in [1.807, 2.05) is 0 Å². The zero-order valence-corrected chi connectivity index (χ0v) is 15.3. The van der Waals surface area contributed by atoms with Crippen molar-refractivity contribution < 1.29 is 29.3 Å². The standard InChI is InChI=1S/C19H32O6/c1-3-7-13-15(24-13)11-19(18(22)23,10-6-5-9-17(20)21)12-16-14(25-16)8-4-2/h13-16H,3-12H2,1-2H3,(H,20,21)(H,22,23)/p-2. The van der Waals surface area contributed by atoms with Gasteiger partial charge in [0, 0.05) is 17.4 Å². The molecule has 2 aliphatic heterocycles. The Bertz CT molecular complexity index is 441. The van der Waals surface area contributed by atoms with Gasteiger partial charge in [0.1, 0.15) is 0 Å². The van der Waals surface area contributed by atoms with Gasteiger partial charge in [-0.1, -0.05) is 33.1 Å². The Morgan fingerprint density at radius 1 is 0.880 bits per heavy atom. The lowest BCUT2D eigenvalue weighted by atomic mass is 9.73. The number of rotatable bonds is 14. The van der Waals surface area contributed by atoms with E-state index in [1.54, 1.807) is 0 Å². The van der Waals surface area contributed by atoms with Gasteiger partial charge in [-0.25, -0.2) is 0 Å². The third-order valence-corrected chi connectivity index (χ3v) is 5.42. The maximum Gasteiger partial charge on any atom is 0.0850 e. The number of ether oxygens (including phenoxy) is 2. The van der Waals surface area contributed by atoms with E-state index in [0.717, 1.165) is 25.7 Å². The van der Waals surface area contributed by atoms with Gasteiger partial charge in [-0.15, -0.1) is 0 Å². The Kier molecular flexibility index (Phi) is 7.25. The molecular weight excluding hydrogens is 324 g/mol. The molecule has 0 saturated carbocycles. The summed E-state index contributed by atoms with van der Waals surface area (Å²) in [7, 11) is 0. The van der Waals surface area contributed by atoms with E-state index in [2.05, 4.69) is 13.8 Å². The number of carbonyl (C=O) groups excluding carboxylic acids is 2. The number of hydrogen-bond donors (Lipinski definition) is 0. The van der Waals surface area contributed by atoms with Crippen LogP contribution in [-0.4, -0.2) is 36.4 Å². The van der Waals surface area contributed by atoms with E-state index in [9.17, 15) is 19.8 Å². The van der Waals surface area contributed by atoms with Crippen molar-refractivity contribution in [3.63, 3.8) is 0 Å². The molecule has 6 nitrogen and oxygen atoms in total. The molecule has 0 aromatic carbocycles. The van der Waals surface area contributed by atoms with Crippen LogP contribution in [0.1, 0.15) is 78.1 Å². The zero-order valence-electron chi connectivity index (χ0n) is 15.3. The normalized spacial score (nSPS) is 29.8. The molecule has 4 atom stereocenters. The van der Waals surface area contributed by atoms with Crippen molar-refractivity contribution in [1.82, 2.24) is 0 Å². The minimum Gasteiger partial charge on any atom is -0.550 e. The number of carboxylic acid groups (broad SMARTS) is 2. The van der Waals surface area contributed by atoms with Gasteiger partial charge < -0.3 is 29.3 Å². The van der Waals surface area contributed by atoms with Crippen LogP contribution in [0.4, 0.5) is 0 Å². The average molecular weight is 354 g/mol. The van der Waals surface area contributed by atoms with E-state index < -0.39 is 17.4 Å². The van der Waals surface area contributed by atoms with E-state index in [-0.39, 0.29) is 30.8 Å². The molecule has 0 radical (unpaired) electrons. The van der Waals surface area contributed by atoms with Gasteiger partial charge in [0.05, 0.1) is 24.4 Å². The Morgan fingerprint density at radius 2 is 1.40 bits per heavy atom. The second-order valence-electron chi connectivity index (χ2n) is 7.56. The van der Waals surface area contributed by atoms with Gasteiger partial charge in [-0.2, -0.15) is 0 Å². The molecule has 25 heavy (non-hydrogen) atoms. The number of carbonyl (C=O) groups is 2. The molecule has 2 heterocycles. The number of unbranched alkanes of at least 4 members (excludes halogenated alkanes) is 1. The van der Waals surface area contributed by atoms with E-state index in [1.165, 1.54) is 0 Å². The highest BCUT2D eigenvalue weighted by molar-refractivity contribution is 5.72. The number of aliphatic carboxylic acids is 2. The first-order valence-corrected chi connectivity index (χ1v) is 9.64. The molecule has 2 fully saturated rings. The van der Waals surface area contributed by atoms with E-state index >= 15 is 0 Å². The van der Waals surface area contributed by atoms with Crippen LogP contribution in [0, 0.1) is 5.41 Å². The lowest BCUT2D eigenvalue weighted by molar-refractivity contribution is -0.321. The molecule has 0 amide bonds. The molecule has 0 spiro atoms. The lowest BCUT2D eigenvalue weighted by Gasteiger charge is -2.34. The smallest absolute Gasteiger partial charge is 0.0850 e. The van der Waals surface area contributed by atoms with Crippen LogP contribution in [-0.2, 0) is 19.1 Å². The van der Waals surface area contributed by atoms with Gasteiger partial charge in [0.2, 0.25) is 0 Å². The van der Waals surface area contributed by atoms with Crippen LogP contribution in [0.5, 0.6) is 0 Å². The second kappa shape index (κ2) is 8.99. The van der Waals surface area contributed by atoms with E-state index in [4.69, 9.17) is 9.47 Å². The maximum atomic E-state index is 12.1. The highest BCUT2D eigenvalue weighted by Gasteiger charge is 2.50. The highest BCUT2D eigenvalue weighted by atomic mass is 16.6. The summed E-state index contributed by atoms with van der Waals surface area (Å²) >= 11 is 0. The van der Waals surface area contributed by atoms with Crippen LogP contribution in [0.25, 0.3) is 0 Å². The zero-order chi connectivity index (χ0) is 18.4. The molecular formula is C19H30O6-2. The summed E-state index contributed by atoms with van der Waals surface area (Å²) in [6.45, 7) is 4.16. The lowest BCUT2D eigenvalue weighted by Crippen LogP contribution is -2.44. The van der Waals surface area contributed by atoms with Crippen molar-refractivity contribution >= 4 is 11.9 Å². The van der Waals surface area contributed by atoms with Gasteiger partial charge in [-0.05, 0) is 44.9 Å². The van der Waals surface area contributed by atoms with Crippen LogP contribution in [0.15, 0.2) is 0 Å². The molecule has 0 aromatic rings. The summed E-state index contributed by atoms with van der Waals surface area (Å²) < 4.78 is 11.3. The first-order valence-electron chi connectivity index (χ1n) is 9.64. The molecule has 0 N–H and O–H groups in total. The van der Waals surface area contributed by atoms with Gasteiger partial charge >= 0.3 is 0 Å². The fourth-order valence-corrected chi connectivity index (χ4v) is 3.85. The van der Waals surface area contributed by atoms with Gasteiger partial charge in [0.15, 0.2) is 0 Å². The van der Waals surface area contributed by atoms with Crippen molar-refractivity contribution in [3.8, 4) is 0 Å². The largest absolute Gasteiger partial charge is 0.550 e. The summed E-state index contributed by atoms with van der Waals surface area (Å²) in [6.07, 6.45) is 6.33. The van der Waals surface area contributed by atoms with Crippen LogP contribution < -0.4 is 10.2 Å². The molecule has 2 aliphatic rings. The third kappa shape index (κ3) is 5.96. The van der Waals surface area contributed by atoms with Gasteiger partial charge in [0.25, 0.3) is 0 Å². The molecule has 6 heteroatoms. The van der Waals surface area contributed by atoms with Crippen LogP contribution in [0.2, 0.25) is 0 Å². The molecule has 2 saturated heterocycles. The monoisotopic (exact) mass is 354 g/mol. The highest BCUT2D eigenvalue weighted by Crippen LogP contribution is 2.46. The number of epoxide rings is 2. The number of hydrogen-bond acceptors (Lipinski definition) is 6. The topological polar surface area (TPSA) is 105 Å². The Balaban J connectivity index is 1.96. The summed E-state index contributed by atoms with van der Waals surface area (Å²) in [5.41, 5.74) is -0.994. The predicted octanol–water partition coefficient (Wildman–Crippen LogP) is 0.948. The molecule has 0 aromatic heterocycles. The molecule has 4 unspecified atom stereocenters. The minimum absolute atomic E-state index is 0.0256. The maximum absolute atomic E-state index is 12.1. The van der Waals surface area contributed by atoms with Crippen molar-refractivity contribution in [1.29, 1.82) is 0 Å². The Morgan fingerprint density at radius 3 is 1.80 bits per heavy atom. The summed E-state index contributed by atoms with van der Waals surface area (Å²) in [6, 6.07) is 0. The summed E-state index contributed by atoms with van der Waals surface area (Å²) in [5.74, 6) is -2.15. The van der Waals surface area contributed by atoms with Crippen molar-refractivity contribution in [2.75, 3.05) is 0 Å². The molecule has 2 rings (SSSR count). The Labute approximate surface area is 149 Å². The predicted molar refractivity (Wildman–Crippen MR) is 87.3 cm³/mol. The van der Waals surface area contributed by atoms with Gasteiger partial charge in [-0.3, -0.25) is 0 Å². The molecule has 0 aliphatic carbocycles. The molecule has 0 bridgehead atoms. The quantitative estimate of drug-likeness (QED) is 0.340. The average Bonchev–Trinajstić information content (AvgIpc) is 3.44. The van der Waals surface area contributed by atoms with Crippen molar-refractivity contribution in [3.05, 3.63) is 0 Å². The van der Waals surface area contributed by atoms with Crippen molar-refractivity contribution in [2.45, 2.75) is 102 Å². The fourth-order valence-electron chi connectivity index (χ4n) is 3.85. The van der Waals surface area contributed by atoms with Crippen molar-refractivity contribution in [2.24, 2.45) is 5.41 Å². The summed E-state index contributed by atoms with van der Waals surface area (Å²) in [4.78, 5) is 22.6. The SMILES string of the molecule is CCCC1OC1CC(CCCCC(=O)[O-])(CC1OC1CCC)C(=O)[O-]. The number of carboxylic acids is 2. The first kappa shape index (κ1) is 20.2. The molecule has 144 valence electrons. The Hall–Kier alpha value is -1.14. The van der Waals surface area contributed by atoms with Crippen LogP contribution in [0.3, 0.4) is 0 Å². The minimum atomic E-state index is -1.10.